The Morgan fingerprint density at radius 1 is 1.38 bits per heavy atom. The van der Waals surface area contributed by atoms with Gasteiger partial charge >= 0.3 is 0 Å². The number of anilines is 1. The lowest BCUT2D eigenvalue weighted by atomic mass is 10.2. The molecule has 0 aliphatic heterocycles. The van der Waals surface area contributed by atoms with Crippen molar-refractivity contribution in [2.75, 3.05) is 18.6 Å². The number of hydrazine groups is 1. The molecule has 0 saturated carbocycles. The van der Waals surface area contributed by atoms with Crippen molar-refractivity contribution in [2.24, 2.45) is 5.84 Å². The van der Waals surface area contributed by atoms with Gasteiger partial charge in [-0.3, -0.25) is 10.2 Å². The zero-order valence-electron chi connectivity index (χ0n) is 11.4. The zero-order valence-corrected chi connectivity index (χ0v) is 12.2. The molecule has 0 spiro atoms. The number of nitrogen functional groups attached to an aromatic ring is 1. The minimum absolute atomic E-state index is 0.157. The highest BCUT2D eigenvalue weighted by molar-refractivity contribution is 7.99. The van der Waals surface area contributed by atoms with E-state index in [-0.39, 0.29) is 11.7 Å². The van der Waals surface area contributed by atoms with Gasteiger partial charge in [0.1, 0.15) is 16.6 Å². The van der Waals surface area contributed by atoms with Gasteiger partial charge in [0.25, 0.3) is 0 Å². The van der Waals surface area contributed by atoms with Crippen LogP contribution >= 0.6 is 11.8 Å². The molecular formula is C13H15N5O2S. The molecule has 0 unspecified atom stereocenters. The van der Waals surface area contributed by atoms with Crippen molar-refractivity contribution in [2.45, 2.75) is 5.03 Å². The van der Waals surface area contributed by atoms with E-state index in [1.807, 2.05) is 24.3 Å². The van der Waals surface area contributed by atoms with Crippen molar-refractivity contribution in [3.63, 3.8) is 0 Å². The summed E-state index contributed by atoms with van der Waals surface area (Å²) in [6, 6.07) is 8.96. The van der Waals surface area contributed by atoms with Crippen molar-refractivity contribution in [1.29, 1.82) is 0 Å². The first-order chi connectivity index (χ1) is 10.1. The van der Waals surface area contributed by atoms with E-state index in [4.69, 9.17) is 16.3 Å². The number of hydrogen-bond donors (Lipinski definition) is 3. The van der Waals surface area contributed by atoms with Crippen LogP contribution in [0.2, 0.25) is 0 Å². The van der Waals surface area contributed by atoms with Crippen molar-refractivity contribution >= 4 is 23.5 Å². The lowest BCUT2D eigenvalue weighted by molar-refractivity contribution is -0.118. The maximum absolute atomic E-state index is 11.2. The number of nitrogens with zero attached hydrogens (tertiary/aromatic N) is 2. The molecule has 0 aliphatic carbocycles. The molecule has 0 bridgehead atoms. The van der Waals surface area contributed by atoms with Crippen LogP contribution in [0, 0.1) is 0 Å². The van der Waals surface area contributed by atoms with Gasteiger partial charge in [-0.2, -0.15) is 0 Å². The van der Waals surface area contributed by atoms with E-state index in [1.54, 1.807) is 13.2 Å². The Bertz CT molecular complexity index is 650. The van der Waals surface area contributed by atoms with Gasteiger partial charge in [0.05, 0.1) is 12.9 Å². The van der Waals surface area contributed by atoms with Crippen LogP contribution in [-0.4, -0.2) is 28.7 Å². The fraction of sp³-hybridized carbons (Fsp3) is 0.154. The van der Waals surface area contributed by atoms with Gasteiger partial charge in [-0.05, 0) is 12.1 Å². The van der Waals surface area contributed by atoms with Crippen LogP contribution in [0.4, 0.5) is 5.82 Å². The van der Waals surface area contributed by atoms with E-state index in [0.29, 0.717) is 22.4 Å². The summed E-state index contributed by atoms with van der Waals surface area (Å²) in [5, 5.41) is 0.601. The third-order valence-electron chi connectivity index (χ3n) is 2.56. The number of hydrogen-bond acceptors (Lipinski definition) is 7. The van der Waals surface area contributed by atoms with E-state index in [9.17, 15) is 4.79 Å². The summed E-state index contributed by atoms with van der Waals surface area (Å²) in [7, 11) is 1.59. The Balaban J connectivity index is 2.27. The number of amides is 1. The number of thioether (sulfide) groups is 1. The Hall–Kier alpha value is -2.32. The molecule has 0 aliphatic rings. The van der Waals surface area contributed by atoms with Crippen LogP contribution in [0.15, 0.2) is 35.4 Å². The minimum atomic E-state index is -0.292. The van der Waals surface area contributed by atoms with Crippen LogP contribution in [0.25, 0.3) is 11.4 Å². The molecule has 0 fully saturated rings. The number of nitrogens with one attached hydrogen (secondary N) is 1. The highest BCUT2D eigenvalue weighted by Gasteiger charge is 2.08. The number of methoxy groups -OCH3 is 1. The molecule has 1 heterocycles. The van der Waals surface area contributed by atoms with Crippen LogP contribution < -0.4 is 21.7 Å². The van der Waals surface area contributed by atoms with Gasteiger partial charge in [-0.25, -0.2) is 15.8 Å². The molecule has 1 aromatic carbocycles. The third kappa shape index (κ3) is 4.07. The molecule has 2 aromatic rings. The van der Waals surface area contributed by atoms with Crippen molar-refractivity contribution in [3.8, 4) is 17.1 Å². The molecule has 21 heavy (non-hydrogen) atoms. The normalized spacial score (nSPS) is 10.2. The van der Waals surface area contributed by atoms with Gasteiger partial charge < -0.3 is 10.5 Å². The predicted molar refractivity (Wildman–Crippen MR) is 81.5 cm³/mol. The van der Waals surface area contributed by atoms with Gasteiger partial charge in [0.15, 0.2) is 5.82 Å². The summed E-state index contributed by atoms with van der Waals surface area (Å²) in [4.78, 5) is 19.7. The summed E-state index contributed by atoms with van der Waals surface area (Å²) in [6.45, 7) is 0. The fourth-order valence-electron chi connectivity index (χ4n) is 1.59. The number of carbonyl (C=O) groups excluding carboxylic acids is 1. The molecule has 110 valence electrons. The van der Waals surface area contributed by atoms with E-state index < -0.39 is 0 Å². The second-order valence-corrected chi connectivity index (χ2v) is 5.04. The van der Waals surface area contributed by atoms with Gasteiger partial charge in [0.2, 0.25) is 5.91 Å². The standard InChI is InChI=1S/C13H15N5O2S/c1-20-9-4-2-3-8(5-9)13-16-10(14)6-12(17-13)21-7-11(19)18-15/h2-6H,7,15H2,1H3,(H,18,19)(H2,14,16,17). The zero-order chi connectivity index (χ0) is 15.2. The molecule has 7 nitrogen and oxygen atoms in total. The van der Waals surface area contributed by atoms with Gasteiger partial charge in [-0.15, -0.1) is 0 Å². The second-order valence-electron chi connectivity index (χ2n) is 4.04. The highest BCUT2D eigenvalue weighted by atomic mass is 32.2. The topological polar surface area (TPSA) is 116 Å². The molecule has 8 heteroatoms. The molecule has 5 N–H and O–H groups in total. The second kappa shape index (κ2) is 6.91. The van der Waals surface area contributed by atoms with Crippen LogP contribution in [0.3, 0.4) is 0 Å². The number of aromatic nitrogens is 2. The van der Waals surface area contributed by atoms with Crippen LogP contribution in [0.1, 0.15) is 0 Å². The summed E-state index contributed by atoms with van der Waals surface area (Å²) in [6.07, 6.45) is 0. The maximum atomic E-state index is 11.2. The van der Waals surface area contributed by atoms with Crippen molar-refractivity contribution in [3.05, 3.63) is 30.3 Å². The highest BCUT2D eigenvalue weighted by Crippen LogP contribution is 2.24. The molecule has 0 radical (unpaired) electrons. The molecular weight excluding hydrogens is 290 g/mol. The lowest BCUT2D eigenvalue weighted by Gasteiger charge is -2.07. The lowest BCUT2D eigenvalue weighted by Crippen LogP contribution is -2.31. The summed E-state index contributed by atoms with van der Waals surface area (Å²) < 4.78 is 5.17. The first-order valence-electron chi connectivity index (χ1n) is 6.03. The first kappa shape index (κ1) is 15.1. The van der Waals surface area contributed by atoms with Crippen molar-refractivity contribution < 1.29 is 9.53 Å². The third-order valence-corrected chi connectivity index (χ3v) is 3.47. The summed E-state index contributed by atoms with van der Waals surface area (Å²) in [5.41, 5.74) is 8.63. The number of benzene rings is 1. The Morgan fingerprint density at radius 3 is 2.90 bits per heavy atom. The Kier molecular flexibility index (Phi) is 4.96. The van der Waals surface area contributed by atoms with E-state index in [1.165, 1.54) is 11.8 Å². The SMILES string of the molecule is COc1cccc(-c2nc(N)cc(SCC(=O)NN)n2)c1. The van der Waals surface area contributed by atoms with Crippen LogP contribution in [-0.2, 0) is 4.79 Å². The average molecular weight is 305 g/mol. The number of rotatable bonds is 5. The minimum Gasteiger partial charge on any atom is -0.497 e. The largest absolute Gasteiger partial charge is 0.497 e. The maximum Gasteiger partial charge on any atom is 0.244 e. The number of nitrogens with two attached hydrogens (primary N) is 2. The monoisotopic (exact) mass is 305 g/mol. The smallest absolute Gasteiger partial charge is 0.244 e. The number of ether oxygens (including phenoxy) is 1. The molecule has 0 atom stereocenters. The van der Waals surface area contributed by atoms with Crippen LogP contribution in [0.5, 0.6) is 5.75 Å². The quantitative estimate of drug-likeness (QED) is 0.246. The van der Waals surface area contributed by atoms with Crippen molar-refractivity contribution in [1.82, 2.24) is 15.4 Å². The molecule has 0 saturated heterocycles. The Labute approximate surface area is 126 Å². The number of carbonyl (C=O) groups is 1. The molecule has 2 rings (SSSR count). The Morgan fingerprint density at radius 2 is 2.19 bits per heavy atom. The molecule has 1 aromatic heterocycles. The van der Waals surface area contributed by atoms with E-state index >= 15 is 0 Å². The first-order valence-corrected chi connectivity index (χ1v) is 7.02. The van der Waals surface area contributed by atoms with Gasteiger partial charge in [0, 0.05) is 11.6 Å². The summed E-state index contributed by atoms with van der Waals surface area (Å²) in [5.74, 6) is 6.41. The molecule has 1 amide bonds. The fourth-order valence-corrected chi connectivity index (χ4v) is 2.31. The van der Waals surface area contributed by atoms with E-state index in [0.717, 1.165) is 5.56 Å². The van der Waals surface area contributed by atoms with E-state index in [2.05, 4.69) is 15.4 Å². The average Bonchev–Trinajstić information content (AvgIpc) is 2.52. The predicted octanol–water partition coefficient (Wildman–Crippen LogP) is 0.816. The van der Waals surface area contributed by atoms with Gasteiger partial charge in [-0.1, -0.05) is 23.9 Å². The summed E-state index contributed by atoms with van der Waals surface area (Å²) >= 11 is 1.23.